The van der Waals surface area contributed by atoms with Crippen LogP contribution in [-0.2, 0) is 12.8 Å². The van der Waals surface area contributed by atoms with Crippen LogP contribution in [0.2, 0.25) is 0 Å². The first-order valence-corrected chi connectivity index (χ1v) is 14.4. The fraction of sp³-hybridized carbons (Fsp3) is 0.259. The second kappa shape index (κ2) is 10.3. The lowest BCUT2D eigenvalue weighted by molar-refractivity contribution is 0.422. The largest absolute Gasteiger partial charge is 0.493 e. The predicted octanol–water partition coefficient (Wildman–Crippen LogP) is 4.37. The maximum absolute atomic E-state index is 13.8. The van der Waals surface area contributed by atoms with Crippen LogP contribution in [-0.4, -0.2) is 39.4 Å². The lowest BCUT2D eigenvalue weighted by Gasteiger charge is -2.16. The Labute approximate surface area is 234 Å². The summed E-state index contributed by atoms with van der Waals surface area (Å²) in [6.45, 7) is 3.98. The van der Waals surface area contributed by atoms with E-state index in [1.54, 1.807) is 12.1 Å². The van der Waals surface area contributed by atoms with Crippen molar-refractivity contribution in [3.63, 3.8) is 0 Å². The third kappa shape index (κ3) is 4.36. The lowest BCUT2D eigenvalue weighted by atomic mass is 9.91. The number of aromatic nitrogens is 6. The van der Waals surface area contributed by atoms with E-state index in [9.17, 15) is 19.8 Å². The van der Waals surface area contributed by atoms with E-state index in [2.05, 4.69) is 20.2 Å². The Morgan fingerprint density at radius 2 is 1.32 bits per heavy atom. The molecule has 0 saturated carbocycles. The van der Waals surface area contributed by atoms with Crippen molar-refractivity contribution in [2.45, 2.75) is 45.4 Å². The molecular weight excluding hydrogens is 552 g/mol. The minimum atomic E-state index is -1.35. The molecule has 0 aliphatic carbocycles. The summed E-state index contributed by atoms with van der Waals surface area (Å²) in [5.41, 5.74) is -1.13. The summed E-state index contributed by atoms with van der Waals surface area (Å²) in [7, 11) is 0. The average Bonchev–Trinajstić information content (AvgIpc) is 3.67. The van der Waals surface area contributed by atoms with Gasteiger partial charge < -0.3 is 14.6 Å². The van der Waals surface area contributed by atoms with Gasteiger partial charge in [-0.1, -0.05) is 66.9 Å². The van der Waals surface area contributed by atoms with Crippen molar-refractivity contribution in [2.24, 2.45) is 0 Å². The Kier molecular flexibility index (Phi) is 6.68. The highest BCUT2D eigenvalue weighted by Gasteiger charge is 2.35. The summed E-state index contributed by atoms with van der Waals surface area (Å²) >= 11 is 2.40. The molecule has 0 saturated heterocycles. The molecule has 0 aliphatic rings. The van der Waals surface area contributed by atoms with Crippen LogP contribution in [0.3, 0.4) is 0 Å². The van der Waals surface area contributed by atoms with E-state index in [1.807, 2.05) is 44.2 Å². The number of aromatic hydroxyl groups is 2. The molecule has 0 atom stereocenters. The molecule has 2 N–H and O–H groups in total. The first-order valence-electron chi connectivity index (χ1n) is 12.8. The quantitative estimate of drug-likeness (QED) is 0.269. The number of aryl methyl sites for hydroxylation is 2. The molecule has 0 spiro atoms. The highest BCUT2D eigenvalue weighted by molar-refractivity contribution is 7.16. The molecule has 13 heteroatoms. The van der Waals surface area contributed by atoms with Crippen LogP contribution in [0.5, 0.6) is 11.8 Å². The number of hydrogen-bond acceptors (Lipinski definition) is 11. The SMILES string of the molecule is CCCc1nn2c(=O)c(C(c3ccc(-c4ccccc4)o3)c3c(O)nc4sc(CCC)nn4c3=O)c(O)nc2s1. The van der Waals surface area contributed by atoms with Crippen LogP contribution < -0.4 is 11.1 Å². The topological polar surface area (TPSA) is 148 Å². The van der Waals surface area contributed by atoms with Gasteiger partial charge in [0.05, 0.1) is 17.0 Å². The third-order valence-corrected chi connectivity index (χ3v) is 8.35. The van der Waals surface area contributed by atoms with E-state index >= 15 is 0 Å². The zero-order chi connectivity index (χ0) is 28.0. The molecule has 0 radical (unpaired) electrons. The minimum Gasteiger partial charge on any atom is -0.493 e. The normalized spacial score (nSPS) is 11.8. The Morgan fingerprint density at radius 1 is 0.800 bits per heavy atom. The smallest absolute Gasteiger partial charge is 0.283 e. The Bertz CT molecular complexity index is 1870. The van der Waals surface area contributed by atoms with Crippen LogP contribution in [0.15, 0.2) is 56.5 Å². The molecule has 1 aromatic carbocycles. The predicted molar refractivity (Wildman–Crippen MR) is 151 cm³/mol. The van der Waals surface area contributed by atoms with E-state index in [0.29, 0.717) is 28.6 Å². The van der Waals surface area contributed by atoms with Gasteiger partial charge in [-0.2, -0.15) is 29.2 Å². The molecular formula is C27H24N6O5S2. The molecule has 204 valence electrons. The molecule has 0 fully saturated rings. The molecule has 6 rings (SSSR count). The highest BCUT2D eigenvalue weighted by Crippen LogP contribution is 2.39. The van der Waals surface area contributed by atoms with Gasteiger partial charge in [0.25, 0.3) is 11.1 Å². The van der Waals surface area contributed by atoms with E-state index in [4.69, 9.17) is 4.42 Å². The number of hydrogen-bond donors (Lipinski definition) is 2. The lowest BCUT2D eigenvalue weighted by Crippen LogP contribution is -2.29. The van der Waals surface area contributed by atoms with E-state index < -0.39 is 28.8 Å². The molecule has 40 heavy (non-hydrogen) atoms. The third-order valence-electron chi connectivity index (χ3n) is 6.41. The van der Waals surface area contributed by atoms with Crippen molar-refractivity contribution in [2.75, 3.05) is 0 Å². The van der Waals surface area contributed by atoms with E-state index in [-0.39, 0.29) is 26.8 Å². The van der Waals surface area contributed by atoms with Gasteiger partial charge in [-0.05, 0) is 25.0 Å². The van der Waals surface area contributed by atoms with Crippen LogP contribution >= 0.6 is 22.7 Å². The molecule has 0 aliphatic heterocycles. The van der Waals surface area contributed by atoms with Crippen LogP contribution in [0, 0.1) is 0 Å². The standard InChI is InChI=1S/C27H24N6O5S2/c1-3-8-17-30-32-24(36)20(22(34)28-26(32)39-17)19(16-13-12-15(38-16)14-10-6-5-7-11-14)21-23(35)29-27-33(25(21)37)31-18(40-27)9-4-2/h5-7,10-13,19,34-35H,3-4,8-9H2,1-2H3. The number of benzene rings is 1. The molecule has 0 bridgehead atoms. The second-order valence-electron chi connectivity index (χ2n) is 9.19. The second-order valence-corrected chi connectivity index (χ2v) is 11.3. The molecule has 5 heterocycles. The van der Waals surface area contributed by atoms with Gasteiger partial charge in [0, 0.05) is 18.4 Å². The van der Waals surface area contributed by atoms with Crippen molar-refractivity contribution in [3.8, 4) is 23.1 Å². The van der Waals surface area contributed by atoms with E-state index in [0.717, 1.165) is 27.4 Å². The maximum atomic E-state index is 13.8. The Hall–Kier alpha value is -4.36. The Morgan fingerprint density at radius 3 is 1.82 bits per heavy atom. The maximum Gasteiger partial charge on any atom is 0.283 e. The summed E-state index contributed by atoms with van der Waals surface area (Å²) in [5.74, 6) is -1.92. The first kappa shape index (κ1) is 25.9. The van der Waals surface area contributed by atoms with Gasteiger partial charge in [-0.15, -0.1) is 0 Å². The minimum absolute atomic E-state index is 0.134. The van der Waals surface area contributed by atoms with Crippen molar-refractivity contribution >= 4 is 32.6 Å². The Balaban J connectivity index is 1.63. The van der Waals surface area contributed by atoms with Crippen LogP contribution in [0.25, 0.3) is 21.2 Å². The summed E-state index contributed by atoms with van der Waals surface area (Å²) in [6.07, 6.45) is 2.90. The summed E-state index contributed by atoms with van der Waals surface area (Å²) in [4.78, 5) is 36.6. The zero-order valence-electron chi connectivity index (χ0n) is 21.6. The average molecular weight is 577 g/mol. The summed E-state index contributed by atoms with van der Waals surface area (Å²) in [6, 6.07) is 12.6. The van der Waals surface area contributed by atoms with Crippen molar-refractivity contribution in [3.05, 3.63) is 90.1 Å². The van der Waals surface area contributed by atoms with Gasteiger partial charge in [-0.25, -0.2) is 0 Å². The molecule has 0 unspecified atom stereocenters. The highest BCUT2D eigenvalue weighted by atomic mass is 32.1. The van der Waals surface area contributed by atoms with Crippen LogP contribution in [0.1, 0.15) is 59.5 Å². The molecule has 11 nitrogen and oxygen atoms in total. The van der Waals surface area contributed by atoms with Crippen molar-refractivity contribution in [1.29, 1.82) is 0 Å². The van der Waals surface area contributed by atoms with E-state index in [1.165, 1.54) is 22.7 Å². The van der Waals surface area contributed by atoms with Gasteiger partial charge >= 0.3 is 0 Å². The molecule has 0 amide bonds. The number of furan rings is 1. The molecule has 6 aromatic rings. The molecule has 5 aromatic heterocycles. The zero-order valence-corrected chi connectivity index (χ0v) is 23.2. The summed E-state index contributed by atoms with van der Waals surface area (Å²) < 4.78 is 8.39. The first-order chi connectivity index (χ1) is 19.4. The van der Waals surface area contributed by atoms with Gasteiger partial charge in [0.15, 0.2) is 0 Å². The number of nitrogens with zero attached hydrogens (tertiary/aromatic N) is 6. The fourth-order valence-electron chi connectivity index (χ4n) is 4.60. The van der Waals surface area contributed by atoms with Gasteiger partial charge in [0.2, 0.25) is 21.7 Å². The number of fused-ring (bicyclic) bond motifs is 2. The van der Waals surface area contributed by atoms with Crippen LogP contribution in [0.4, 0.5) is 0 Å². The van der Waals surface area contributed by atoms with Gasteiger partial charge in [0.1, 0.15) is 21.5 Å². The fourth-order valence-corrected chi connectivity index (χ4v) is 6.57. The number of rotatable bonds is 8. The monoisotopic (exact) mass is 576 g/mol. The summed E-state index contributed by atoms with van der Waals surface area (Å²) in [5, 5.41) is 32.4. The van der Waals surface area contributed by atoms with Gasteiger partial charge in [-0.3, -0.25) is 9.59 Å². The van der Waals surface area contributed by atoms with Crippen molar-refractivity contribution < 1.29 is 14.6 Å². The van der Waals surface area contributed by atoms with Crippen molar-refractivity contribution in [1.82, 2.24) is 29.2 Å².